The maximum Gasteiger partial charge on any atom is 0.417 e. The van der Waals surface area contributed by atoms with Crippen molar-refractivity contribution in [2.24, 2.45) is 5.92 Å². The van der Waals surface area contributed by atoms with Crippen LogP contribution in [0.4, 0.5) is 13.2 Å². The summed E-state index contributed by atoms with van der Waals surface area (Å²) < 4.78 is 72.0. The predicted octanol–water partition coefficient (Wildman–Crippen LogP) is 3.12. The zero-order chi connectivity index (χ0) is 23.5. The Bertz CT molecular complexity index is 1020. The summed E-state index contributed by atoms with van der Waals surface area (Å²) in [5.74, 6) is 0.0782. The van der Waals surface area contributed by atoms with Gasteiger partial charge >= 0.3 is 6.18 Å². The Labute approximate surface area is 185 Å². The number of amides is 1. The van der Waals surface area contributed by atoms with Gasteiger partial charge in [-0.3, -0.25) is 9.69 Å². The zero-order valence-electron chi connectivity index (χ0n) is 17.8. The third kappa shape index (κ3) is 5.33. The highest BCUT2D eigenvalue weighted by Gasteiger charge is 2.40. The van der Waals surface area contributed by atoms with Crippen molar-refractivity contribution >= 4 is 15.9 Å². The van der Waals surface area contributed by atoms with Crippen LogP contribution in [0, 0.1) is 5.92 Å². The SMILES string of the molecule is CN(C)C(CNC(=O)C1CCN(S(=O)(=O)c2ccccc2C(F)(F)F)CC1)c1ccco1. The number of alkyl halides is 3. The Morgan fingerprint density at radius 2 is 1.84 bits per heavy atom. The van der Waals surface area contributed by atoms with Gasteiger partial charge in [0, 0.05) is 25.6 Å². The van der Waals surface area contributed by atoms with E-state index in [9.17, 15) is 26.4 Å². The monoisotopic (exact) mass is 473 g/mol. The van der Waals surface area contributed by atoms with E-state index in [2.05, 4.69) is 5.32 Å². The molecule has 0 saturated carbocycles. The van der Waals surface area contributed by atoms with Crippen molar-refractivity contribution in [2.75, 3.05) is 33.7 Å². The lowest BCUT2D eigenvalue weighted by molar-refractivity contribution is -0.139. The van der Waals surface area contributed by atoms with Crippen molar-refractivity contribution in [3.8, 4) is 0 Å². The van der Waals surface area contributed by atoms with Crippen LogP contribution >= 0.6 is 0 Å². The minimum atomic E-state index is -4.78. The van der Waals surface area contributed by atoms with Crippen LogP contribution < -0.4 is 5.32 Å². The summed E-state index contributed by atoms with van der Waals surface area (Å²) in [7, 11) is -0.604. The molecule has 1 amide bonds. The van der Waals surface area contributed by atoms with E-state index < -0.39 is 32.6 Å². The van der Waals surface area contributed by atoms with Crippen molar-refractivity contribution in [2.45, 2.75) is 30.0 Å². The van der Waals surface area contributed by atoms with Crippen LogP contribution in [-0.2, 0) is 21.0 Å². The molecule has 1 atom stereocenters. The third-order valence-corrected chi connectivity index (χ3v) is 7.56. The smallest absolute Gasteiger partial charge is 0.417 e. The fourth-order valence-electron chi connectivity index (χ4n) is 3.78. The summed E-state index contributed by atoms with van der Waals surface area (Å²) in [5.41, 5.74) is -1.19. The molecule has 176 valence electrons. The first-order chi connectivity index (χ1) is 15.0. The predicted molar refractivity (Wildman–Crippen MR) is 111 cm³/mol. The molecule has 3 rings (SSSR count). The van der Waals surface area contributed by atoms with Crippen LogP contribution in [0.1, 0.15) is 30.2 Å². The number of nitrogens with zero attached hydrogens (tertiary/aromatic N) is 2. The fraction of sp³-hybridized carbons (Fsp3) is 0.476. The van der Waals surface area contributed by atoms with Gasteiger partial charge < -0.3 is 9.73 Å². The van der Waals surface area contributed by atoms with E-state index in [0.29, 0.717) is 12.3 Å². The topological polar surface area (TPSA) is 82.9 Å². The van der Waals surface area contributed by atoms with Crippen LogP contribution in [0.2, 0.25) is 0 Å². The number of halogens is 3. The first-order valence-corrected chi connectivity index (χ1v) is 11.6. The van der Waals surface area contributed by atoms with Crippen molar-refractivity contribution < 1.29 is 30.8 Å². The number of hydrogen-bond acceptors (Lipinski definition) is 5. The van der Waals surface area contributed by atoms with Gasteiger partial charge in [-0.2, -0.15) is 17.5 Å². The molecule has 1 unspecified atom stereocenters. The van der Waals surface area contributed by atoms with E-state index in [1.54, 1.807) is 12.3 Å². The number of piperidine rings is 1. The van der Waals surface area contributed by atoms with Gasteiger partial charge in [0.1, 0.15) is 5.76 Å². The number of carbonyl (C=O) groups is 1. The fourth-order valence-corrected chi connectivity index (χ4v) is 5.47. The summed E-state index contributed by atoms with van der Waals surface area (Å²) in [6.45, 7) is 0.265. The minimum Gasteiger partial charge on any atom is -0.468 e. The number of likely N-dealkylation sites (N-methyl/N-ethyl adjacent to an activating group) is 1. The molecule has 2 aromatic rings. The molecule has 1 fully saturated rings. The molecule has 2 heterocycles. The minimum absolute atomic E-state index is 0.0259. The number of nitrogens with one attached hydrogen (secondary N) is 1. The molecule has 1 aromatic carbocycles. The highest BCUT2D eigenvalue weighted by Crippen LogP contribution is 2.36. The van der Waals surface area contributed by atoms with Gasteiger partial charge in [-0.1, -0.05) is 12.1 Å². The molecule has 32 heavy (non-hydrogen) atoms. The molecular weight excluding hydrogens is 447 g/mol. The summed E-state index contributed by atoms with van der Waals surface area (Å²) in [6, 6.07) is 7.57. The van der Waals surface area contributed by atoms with Crippen LogP contribution in [-0.4, -0.2) is 57.3 Å². The van der Waals surface area contributed by atoms with E-state index in [1.165, 1.54) is 6.07 Å². The maximum absolute atomic E-state index is 13.3. The first kappa shape index (κ1) is 24.3. The molecule has 0 spiro atoms. The number of hydrogen-bond donors (Lipinski definition) is 1. The van der Waals surface area contributed by atoms with Crippen LogP contribution in [0.25, 0.3) is 0 Å². The average molecular weight is 474 g/mol. The molecule has 0 bridgehead atoms. The molecule has 0 aliphatic carbocycles. The summed E-state index contributed by atoms with van der Waals surface area (Å²) in [6.07, 6.45) is -2.77. The third-order valence-electron chi connectivity index (χ3n) is 5.60. The van der Waals surface area contributed by atoms with Gasteiger partial charge in [-0.25, -0.2) is 8.42 Å². The Balaban J connectivity index is 1.62. The number of furan rings is 1. The van der Waals surface area contributed by atoms with Gasteiger partial charge in [0.15, 0.2) is 0 Å². The van der Waals surface area contributed by atoms with Crippen molar-refractivity contribution in [3.05, 3.63) is 54.0 Å². The van der Waals surface area contributed by atoms with Gasteiger partial charge in [0.05, 0.1) is 22.8 Å². The van der Waals surface area contributed by atoms with Crippen molar-refractivity contribution in [3.63, 3.8) is 0 Å². The standard InChI is InChI=1S/C21H26F3N3O4S/c1-26(2)17(18-7-5-13-31-18)14-25-20(28)15-9-11-27(12-10-15)32(29,30)19-8-4-3-6-16(19)21(22,23)24/h3-8,13,15,17H,9-12,14H2,1-2H3,(H,25,28). The zero-order valence-corrected chi connectivity index (χ0v) is 18.6. The number of benzene rings is 1. The average Bonchev–Trinajstić information content (AvgIpc) is 3.27. The highest BCUT2D eigenvalue weighted by molar-refractivity contribution is 7.89. The van der Waals surface area contributed by atoms with Crippen molar-refractivity contribution in [1.29, 1.82) is 0 Å². The normalized spacial score (nSPS) is 17.4. The van der Waals surface area contributed by atoms with E-state index in [-0.39, 0.29) is 37.9 Å². The van der Waals surface area contributed by atoms with E-state index >= 15 is 0 Å². The Morgan fingerprint density at radius 3 is 2.41 bits per heavy atom. The molecule has 7 nitrogen and oxygen atoms in total. The number of rotatable bonds is 7. The van der Waals surface area contributed by atoms with Gasteiger partial charge in [-0.05, 0) is 51.2 Å². The van der Waals surface area contributed by atoms with Crippen molar-refractivity contribution in [1.82, 2.24) is 14.5 Å². The van der Waals surface area contributed by atoms with Gasteiger partial charge in [0.2, 0.25) is 15.9 Å². The lowest BCUT2D eigenvalue weighted by atomic mass is 9.97. The lowest BCUT2D eigenvalue weighted by Crippen LogP contribution is -2.44. The molecule has 1 aliphatic heterocycles. The Kier molecular flexibility index (Phi) is 7.31. The lowest BCUT2D eigenvalue weighted by Gasteiger charge is -2.31. The number of carbonyl (C=O) groups excluding carboxylic acids is 1. The molecule has 0 radical (unpaired) electrons. The van der Waals surface area contributed by atoms with E-state index in [0.717, 1.165) is 22.5 Å². The highest BCUT2D eigenvalue weighted by atomic mass is 32.2. The second-order valence-electron chi connectivity index (χ2n) is 7.91. The molecule has 1 saturated heterocycles. The summed E-state index contributed by atoms with van der Waals surface area (Å²) in [5, 5.41) is 2.88. The molecule has 1 aromatic heterocycles. The Hall–Kier alpha value is -2.37. The van der Waals surface area contributed by atoms with E-state index in [4.69, 9.17) is 4.42 Å². The molecule has 1 aliphatic rings. The van der Waals surface area contributed by atoms with Crippen LogP contribution in [0.15, 0.2) is 52.0 Å². The summed E-state index contributed by atoms with van der Waals surface area (Å²) in [4.78, 5) is 13.8. The molecule has 1 N–H and O–H groups in total. The van der Waals surface area contributed by atoms with E-state index in [1.807, 2.05) is 25.1 Å². The van der Waals surface area contributed by atoms with Crippen LogP contribution in [0.3, 0.4) is 0 Å². The van der Waals surface area contributed by atoms with Gasteiger partial charge in [-0.15, -0.1) is 0 Å². The quantitative estimate of drug-likeness (QED) is 0.668. The van der Waals surface area contributed by atoms with Crippen LogP contribution in [0.5, 0.6) is 0 Å². The second kappa shape index (κ2) is 9.63. The summed E-state index contributed by atoms with van der Waals surface area (Å²) >= 11 is 0. The largest absolute Gasteiger partial charge is 0.468 e. The second-order valence-corrected chi connectivity index (χ2v) is 9.82. The number of sulfonamides is 1. The maximum atomic E-state index is 13.3. The molecular formula is C21H26F3N3O4S. The molecule has 11 heteroatoms. The Morgan fingerprint density at radius 1 is 1.19 bits per heavy atom. The van der Waals surface area contributed by atoms with Gasteiger partial charge in [0.25, 0.3) is 0 Å². The first-order valence-electron chi connectivity index (χ1n) is 10.2.